The van der Waals surface area contributed by atoms with Crippen molar-refractivity contribution in [3.05, 3.63) is 52.9 Å². The molecule has 0 radical (unpaired) electrons. The largest absolute Gasteiger partial charge is 0.360 e. The van der Waals surface area contributed by atoms with Gasteiger partial charge < -0.3 is 4.52 Å². The van der Waals surface area contributed by atoms with Gasteiger partial charge in [0.25, 0.3) is 0 Å². The third-order valence-corrected chi connectivity index (χ3v) is 6.28. The number of sulfone groups is 1. The Hall–Kier alpha value is -1.95. The van der Waals surface area contributed by atoms with Crippen molar-refractivity contribution in [1.29, 1.82) is 0 Å². The van der Waals surface area contributed by atoms with Gasteiger partial charge >= 0.3 is 0 Å². The zero-order valence-electron chi connectivity index (χ0n) is 13.2. The second-order valence-corrected chi connectivity index (χ2v) is 8.78. The smallest absolute Gasteiger partial charge is 0.198 e. The molecule has 1 fully saturated rings. The van der Waals surface area contributed by atoms with E-state index < -0.39 is 15.1 Å². The summed E-state index contributed by atoms with van der Waals surface area (Å²) in [6.45, 7) is 3.29. The van der Waals surface area contributed by atoms with E-state index in [2.05, 4.69) is 5.16 Å². The molecule has 23 heavy (non-hydrogen) atoms. The van der Waals surface area contributed by atoms with Gasteiger partial charge in [0.2, 0.25) is 0 Å². The van der Waals surface area contributed by atoms with Crippen molar-refractivity contribution in [2.45, 2.75) is 43.6 Å². The molecule has 2 aromatic rings. The number of hydrogen-bond acceptors (Lipinski definition) is 5. The minimum atomic E-state index is -3.28. The highest BCUT2D eigenvalue weighted by atomic mass is 32.2. The molecular formula is C17H19NO4S. The number of ketones is 1. The van der Waals surface area contributed by atoms with E-state index in [4.69, 9.17) is 4.52 Å². The number of rotatable bonds is 6. The molecule has 0 atom stereocenters. The van der Waals surface area contributed by atoms with Crippen molar-refractivity contribution in [3.63, 3.8) is 0 Å². The fourth-order valence-electron chi connectivity index (χ4n) is 2.46. The van der Waals surface area contributed by atoms with Crippen LogP contribution in [0, 0.1) is 0 Å². The molecule has 0 unspecified atom stereocenters. The van der Waals surface area contributed by atoms with Gasteiger partial charge in [0.15, 0.2) is 21.4 Å². The molecule has 1 aliphatic rings. The van der Waals surface area contributed by atoms with Gasteiger partial charge in [-0.15, -0.1) is 0 Å². The second-order valence-electron chi connectivity index (χ2n) is 6.22. The normalized spacial score (nSPS) is 15.1. The summed E-state index contributed by atoms with van der Waals surface area (Å²) in [7, 11) is -3.28. The van der Waals surface area contributed by atoms with E-state index in [0.717, 1.165) is 12.8 Å². The van der Waals surface area contributed by atoms with Gasteiger partial charge in [-0.2, -0.15) is 0 Å². The fourth-order valence-corrected chi connectivity index (χ4v) is 3.47. The molecule has 1 saturated carbocycles. The van der Waals surface area contributed by atoms with Crippen LogP contribution in [0.4, 0.5) is 0 Å². The van der Waals surface area contributed by atoms with E-state index in [0.29, 0.717) is 22.5 Å². The summed E-state index contributed by atoms with van der Waals surface area (Å²) < 4.78 is 29.6. The Labute approximate surface area is 135 Å². The first-order chi connectivity index (χ1) is 10.9. The molecule has 5 nitrogen and oxygen atoms in total. The zero-order chi connectivity index (χ0) is 16.6. The lowest BCUT2D eigenvalue weighted by Crippen LogP contribution is -2.18. The van der Waals surface area contributed by atoms with Crippen LogP contribution < -0.4 is 0 Å². The van der Waals surface area contributed by atoms with Gasteiger partial charge in [-0.1, -0.05) is 29.4 Å². The molecule has 1 aromatic heterocycles. The molecule has 0 N–H and O–H groups in total. The van der Waals surface area contributed by atoms with Crippen LogP contribution in [0.1, 0.15) is 59.9 Å². The summed E-state index contributed by atoms with van der Waals surface area (Å²) in [6.07, 6.45) is 3.43. The second kappa shape index (κ2) is 5.92. The summed E-state index contributed by atoms with van der Waals surface area (Å²) >= 11 is 0. The van der Waals surface area contributed by atoms with Gasteiger partial charge in [-0.05, 0) is 32.3 Å². The molecule has 6 heteroatoms. The quantitative estimate of drug-likeness (QED) is 0.759. The van der Waals surface area contributed by atoms with Crippen LogP contribution in [0.25, 0.3) is 0 Å². The van der Waals surface area contributed by atoms with Crippen molar-refractivity contribution in [2.24, 2.45) is 0 Å². The van der Waals surface area contributed by atoms with Gasteiger partial charge in [0.1, 0.15) is 0 Å². The number of carbonyl (C=O) groups is 1. The molecule has 1 heterocycles. The standard InChI is InChI=1S/C17H19NO4S/c1-11(2)23(20,21)10-13-5-3-4-6-14(13)16(19)15-9-18-22-17(15)12-7-8-12/h3-6,9,11-12H,7-8,10H2,1-2H3. The summed E-state index contributed by atoms with van der Waals surface area (Å²) in [5, 5.41) is 3.27. The Kier molecular flexibility index (Phi) is 4.10. The molecular weight excluding hydrogens is 314 g/mol. The van der Waals surface area contributed by atoms with Crippen LogP contribution in [-0.4, -0.2) is 24.6 Å². The highest BCUT2D eigenvalue weighted by Gasteiger charge is 2.33. The van der Waals surface area contributed by atoms with Crippen LogP contribution in [0.3, 0.4) is 0 Å². The average Bonchev–Trinajstić information content (AvgIpc) is 3.23. The Morgan fingerprint density at radius 3 is 2.61 bits per heavy atom. The number of aromatic nitrogens is 1. The van der Waals surface area contributed by atoms with Crippen LogP contribution in [0.2, 0.25) is 0 Å². The lowest BCUT2D eigenvalue weighted by Gasteiger charge is -2.11. The Bertz CT molecular complexity index is 832. The molecule has 0 bridgehead atoms. The van der Waals surface area contributed by atoms with E-state index in [1.807, 2.05) is 0 Å². The van der Waals surface area contributed by atoms with Crippen molar-refractivity contribution in [3.8, 4) is 0 Å². The third-order valence-electron chi connectivity index (χ3n) is 4.13. The maximum absolute atomic E-state index is 12.8. The van der Waals surface area contributed by atoms with Crippen molar-refractivity contribution in [1.82, 2.24) is 5.16 Å². The summed E-state index contributed by atoms with van der Waals surface area (Å²) in [6, 6.07) is 6.84. The zero-order valence-corrected chi connectivity index (χ0v) is 14.0. The molecule has 0 spiro atoms. The van der Waals surface area contributed by atoms with Gasteiger partial charge in [-0.25, -0.2) is 8.42 Å². The summed E-state index contributed by atoms with van der Waals surface area (Å²) in [5.41, 5.74) is 1.37. The predicted molar refractivity (Wildman–Crippen MR) is 86.1 cm³/mol. The number of nitrogens with zero attached hydrogens (tertiary/aromatic N) is 1. The Morgan fingerprint density at radius 1 is 1.26 bits per heavy atom. The van der Waals surface area contributed by atoms with Gasteiger partial charge in [-0.3, -0.25) is 4.79 Å². The van der Waals surface area contributed by atoms with Crippen molar-refractivity contribution in [2.75, 3.05) is 0 Å². The molecule has 122 valence electrons. The lowest BCUT2D eigenvalue weighted by atomic mass is 9.99. The Morgan fingerprint density at radius 2 is 1.96 bits per heavy atom. The molecule has 0 aliphatic heterocycles. The molecule has 0 saturated heterocycles. The van der Waals surface area contributed by atoms with E-state index in [1.54, 1.807) is 38.1 Å². The first kappa shape index (κ1) is 15.9. The number of benzene rings is 1. The van der Waals surface area contributed by atoms with Crippen LogP contribution >= 0.6 is 0 Å². The maximum Gasteiger partial charge on any atom is 0.198 e. The monoisotopic (exact) mass is 333 g/mol. The van der Waals surface area contributed by atoms with E-state index in [-0.39, 0.29) is 17.5 Å². The van der Waals surface area contributed by atoms with Gasteiger partial charge in [0, 0.05) is 11.5 Å². The predicted octanol–water partition coefficient (Wildman–Crippen LogP) is 3.11. The first-order valence-electron chi connectivity index (χ1n) is 7.69. The first-order valence-corrected chi connectivity index (χ1v) is 9.40. The topological polar surface area (TPSA) is 77.2 Å². The molecule has 1 aliphatic carbocycles. The Balaban J connectivity index is 1.97. The van der Waals surface area contributed by atoms with Crippen LogP contribution in [0.15, 0.2) is 35.0 Å². The van der Waals surface area contributed by atoms with E-state index in [1.165, 1.54) is 6.20 Å². The highest BCUT2D eigenvalue weighted by Crippen LogP contribution is 2.42. The highest BCUT2D eigenvalue weighted by molar-refractivity contribution is 7.91. The summed E-state index contributed by atoms with van der Waals surface area (Å²) in [4.78, 5) is 12.8. The number of hydrogen-bond donors (Lipinski definition) is 0. The SMILES string of the molecule is CC(C)S(=O)(=O)Cc1ccccc1C(=O)c1cnoc1C1CC1. The molecule has 3 rings (SSSR count). The minimum Gasteiger partial charge on any atom is -0.360 e. The maximum atomic E-state index is 12.8. The minimum absolute atomic E-state index is 0.142. The average molecular weight is 333 g/mol. The molecule has 0 amide bonds. The van der Waals surface area contributed by atoms with Crippen molar-refractivity contribution < 1.29 is 17.7 Å². The van der Waals surface area contributed by atoms with E-state index in [9.17, 15) is 13.2 Å². The van der Waals surface area contributed by atoms with Crippen LogP contribution in [-0.2, 0) is 15.6 Å². The van der Waals surface area contributed by atoms with Crippen molar-refractivity contribution >= 4 is 15.6 Å². The summed E-state index contributed by atoms with van der Waals surface area (Å²) in [5.74, 6) is 0.526. The van der Waals surface area contributed by atoms with Crippen LogP contribution in [0.5, 0.6) is 0 Å². The fraction of sp³-hybridized carbons (Fsp3) is 0.412. The molecule has 1 aromatic carbocycles. The van der Waals surface area contributed by atoms with Gasteiger partial charge in [0.05, 0.1) is 22.8 Å². The third kappa shape index (κ3) is 3.22. The van der Waals surface area contributed by atoms with E-state index >= 15 is 0 Å². The number of carbonyl (C=O) groups excluding carboxylic acids is 1. The lowest BCUT2D eigenvalue weighted by molar-refractivity contribution is 0.103.